The molecular weight excluding hydrogens is 276 g/mol. The molecule has 3 heteroatoms. The van der Waals surface area contributed by atoms with Gasteiger partial charge in [-0.05, 0) is 35.9 Å². The average molecular weight is 287 g/mol. The SMILES string of the molecule is N#Cc1cccc(CNc2cccc(Br)c2)c1. The van der Waals surface area contributed by atoms with Crippen molar-refractivity contribution in [3.8, 4) is 6.07 Å². The molecule has 0 fully saturated rings. The Morgan fingerprint density at radius 2 is 1.94 bits per heavy atom. The molecule has 2 nitrogen and oxygen atoms in total. The Morgan fingerprint density at radius 3 is 2.71 bits per heavy atom. The fraction of sp³-hybridized carbons (Fsp3) is 0.0714. The zero-order valence-corrected chi connectivity index (χ0v) is 10.7. The zero-order chi connectivity index (χ0) is 12.1. The summed E-state index contributed by atoms with van der Waals surface area (Å²) in [5.74, 6) is 0. The summed E-state index contributed by atoms with van der Waals surface area (Å²) >= 11 is 3.43. The van der Waals surface area contributed by atoms with Crippen molar-refractivity contribution >= 4 is 21.6 Å². The summed E-state index contributed by atoms with van der Waals surface area (Å²) in [6.45, 7) is 0.714. The maximum absolute atomic E-state index is 8.81. The molecule has 0 bridgehead atoms. The normalized spacial score (nSPS) is 9.65. The van der Waals surface area contributed by atoms with E-state index in [1.54, 1.807) is 0 Å². The maximum atomic E-state index is 8.81. The summed E-state index contributed by atoms with van der Waals surface area (Å²) in [5, 5.41) is 12.1. The first-order chi connectivity index (χ1) is 8.28. The van der Waals surface area contributed by atoms with E-state index in [1.165, 1.54) is 0 Å². The number of benzene rings is 2. The van der Waals surface area contributed by atoms with Crippen LogP contribution in [0.3, 0.4) is 0 Å². The van der Waals surface area contributed by atoms with Gasteiger partial charge in [-0.15, -0.1) is 0 Å². The quantitative estimate of drug-likeness (QED) is 0.928. The number of halogens is 1. The van der Waals surface area contributed by atoms with E-state index < -0.39 is 0 Å². The summed E-state index contributed by atoms with van der Waals surface area (Å²) < 4.78 is 1.05. The van der Waals surface area contributed by atoms with Crippen molar-refractivity contribution in [2.75, 3.05) is 5.32 Å². The van der Waals surface area contributed by atoms with Crippen LogP contribution in [-0.2, 0) is 6.54 Å². The fourth-order valence-corrected chi connectivity index (χ4v) is 1.95. The van der Waals surface area contributed by atoms with Crippen LogP contribution in [0.15, 0.2) is 53.0 Å². The molecule has 1 N–H and O–H groups in total. The molecule has 0 amide bonds. The van der Waals surface area contributed by atoms with Gasteiger partial charge in [0.15, 0.2) is 0 Å². The third-order valence-corrected chi connectivity index (χ3v) is 2.87. The minimum atomic E-state index is 0.693. The van der Waals surface area contributed by atoms with Crippen molar-refractivity contribution in [1.82, 2.24) is 0 Å². The molecule has 84 valence electrons. The number of hydrogen-bond acceptors (Lipinski definition) is 2. The molecule has 2 aromatic rings. The zero-order valence-electron chi connectivity index (χ0n) is 9.15. The molecule has 0 heterocycles. The smallest absolute Gasteiger partial charge is 0.0991 e. The van der Waals surface area contributed by atoms with Crippen LogP contribution in [0.1, 0.15) is 11.1 Å². The van der Waals surface area contributed by atoms with Crippen molar-refractivity contribution in [2.45, 2.75) is 6.54 Å². The number of nitriles is 1. The Labute approximate surface area is 109 Å². The van der Waals surface area contributed by atoms with E-state index >= 15 is 0 Å². The van der Waals surface area contributed by atoms with Crippen LogP contribution in [0.5, 0.6) is 0 Å². The largest absolute Gasteiger partial charge is 0.381 e. The lowest BCUT2D eigenvalue weighted by atomic mass is 10.1. The molecule has 0 atom stereocenters. The van der Waals surface area contributed by atoms with Crippen LogP contribution < -0.4 is 5.32 Å². The summed E-state index contributed by atoms with van der Waals surface area (Å²) in [6.07, 6.45) is 0. The van der Waals surface area contributed by atoms with E-state index in [2.05, 4.69) is 27.3 Å². The highest BCUT2D eigenvalue weighted by atomic mass is 79.9. The van der Waals surface area contributed by atoms with Crippen molar-refractivity contribution in [1.29, 1.82) is 5.26 Å². The second-order valence-electron chi connectivity index (χ2n) is 3.68. The van der Waals surface area contributed by atoms with Gasteiger partial charge < -0.3 is 5.32 Å². The number of hydrogen-bond donors (Lipinski definition) is 1. The van der Waals surface area contributed by atoms with Crippen LogP contribution in [0.4, 0.5) is 5.69 Å². The molecule has 2 rings (SSSR count). The maximum Gasteiger partial charge on any atom is 0.0991 e. The highest BCUT2D eigenvalue weighted by Crippen LogP contribution is 2.16. The Balaban J connectivity index is 2.05. The van der Waals surface area contributed by atoms with Gasteiger partial charge in [-0.3, -0.25) is 0 Å². The number of anilines is 1. The highest BCUT2D eigenvalue weighted by Gasteiger charge is 1.96. The highest BCUT2D eigenvalue weighted by molar-refractivity contribution is 9.10. The number of nitrogens with zero attached hydrogens (tertiary/aromatic N) is 1. The van der Waals surface area contributed by atoms with E-state index in [1.807, 2.05) is 48.5 Å². The summed E-state index contributed by atoms with van der Waals surface area (Å²) in [6, 6.07) is 17.8. The van der Waals surface area contributed by atoms with Crippen molar-refractivity contribution in [3.63, 3.8) is 0 Å². The van der Waals surface area contributed by atoms with Crippen LogP contribution in [0.25, 0.3) is 0 Å². The standard InChI is InChI=1S/C14H11BrN2/c15-13-5-2-6-14(8-13)17-10-12-4-1-3-11(7-12)9-16/h1-8,17H,10H2. The van der Waals surface area contributed by atoms with Crippen LogP contribution in [-0.4, -0.2) is 0 Å². The van der Waals surface area contributed by atoms with E-state index in [-0.39, 0.29) is 0 Å². The molecule has 0 spiro atoms. The molecule has 17 heavy (non-hydrogen) atoms. The van der Waals surface area contributed by atoms with Gasteiger partial charge in [0.1, 0.15) is 0 Å². The second-order valence-corrected chi connectivity index (χ2v) is 4.59. The molecule has 0 aliphatic carbocycles. The Hall–Kier alpha value is -1.79. The Morgan fingerprint density at radius 1 is 1.12 bits per heavy atom. The molecule has 0 saturated heterocycles. The lowest BCUT2D eigenvalue weighted by Gasteiger charge is -2.07. The van der Waals surface area contributed by atoms with Crippen molar-refractivity contribution < 1.29 is 0 Å². The average Bonchev–Trinajstić information content (AvgIpc) is 2.37. The molecule has 2 aromatic carbocycles. The van der Waals surface area contributed by atoms with Crippen molar-refractivity contribution in [3.05, 3.63) is 64.1 Å². The fourth-order valence-electron chi connectivity index (χ4n) is 1.55. The molecule has 0 aliphatic rings. The lowest BCUT2D eigenvalue weighted by Crippen LogP contribution is -1.99. The molecule has 0 aromatic heterocycles. The van der Waals surface area contributed by atoms with Gasteiger partial charge >= 0.3 is 0 Å². The summed E-state index contributed by atoms with van der Waals surface area (Å²) in [4.78, 5) is 0. The first-order valence-electron chi connectivity index (χ1n) is 5.26. The van der Waals surface area contributed by atoms with Gasteiger partial charge in [0, 0.05) is 16.7 Å². The van der Waals surface area contributed by atoms with E-state index in [4.69, 9.17) is 5.26 Å². The second kappa shape index (κ2) is 5.51. The van der Waals surface area contributed by atoms with Gasteiger partial charge in [-0.2, -0.15) is 5.26 Å². The van der Waals surface area contributed by atoms with Gasteiger partial charge in [-0.25, -0.2) is 0 Å². The Bertz CT molecular complexity index is 558. The molecule has 0 saturated carbocycles. The predicted octanol–water partition coefficient (Wildman–Crippen LogP) is 3.93. The number of rotatable bonds is 3. The van der Waals surface area contributed by atoms with Crippen molar-refractivity contribution in [2.24, 2.45) is 0 Å². The number of nitrogens with one attached hydrogen (secondary N) is 1. The van der Waals surface area contributed by atoms with Gasteiger partial charge in [0.05, 0.1) is 11.6 Å². The van der Waals surface area contributed by atoms with Gasteiger partial charge in [-0.1, -0.05) is 34.1 Å². The van der Waals surface area contributed by atoms with Gasteiger partial charge in [0.25, 0.3) is 0 Å². The minimum Gasteiger partial charge on any atom is -0.381 e. The molecule has 0 aliphatic heterocycles. The van der Waals surface area contributed by atoms with Crippen LogP contribution >= 0.6 is 15.9 Å². The van der Waals surface area contributed by atoms with E-state index in [9.17, 15) is 0 Å². The monoisotopic (exact) mass is 286 g/mol. The molecule has 0 unspecified atom stereocenters. The molecular formula is C14H11BrN2. The lowest BCUT2D eigenvalue weighted by molar-refractivity contribution is 1.15. The van der Waals surface area contributed by atoms with Gasteiger partial charge in [0.2, 0.25) is 0 Å². The third kappa shape index (κ3) is 3.33. The topological polar surface area (TPSA) is 35.8 Å². The third-order valence-electron chi connectivity index (χ3n) is 2.38. The predicted molar refractivity (Wildman–Crippen MR) is 72.6 cm³/mol. The van der Waals surface area contributed by atoms with E-state index in [0.717, 1.165) is 15.7 Å². The first-order valence-corrected chi connectivity index (χ1v) is 6.06. The Kier molecular flexibility index (Phi) is 3.79. The van der Waals surface area contributed by atoms with Crippen LogP contribution in [0.2, 0.25) is 0 Å². The molecule has 0 radical (unpaired) electrons. The minimum absolute atomic E-state index is 0.693. The summed E-state index contributed by atoms with van der Waals surface area (Å²) in [7, 11) is 0. The van der Waals surface area contributed by atoms with E-state index in [0.29, 0.717) is 12.1 Å². The van der Waals surface area contributed by atoms with Crippen LogP contribution in [0, 0.1) is 11.3 Å². The first kappa shape index (κ1) is 11.7. The summed E-state index contributed by atoms with van der Waals surface area (Å²) in [5.41, 5.74) is 2.85.